The molecule has 0 aromatic rings. The molecule has 20 heavy (non-hydrogen) atoms. The van der Waals surface area contributed by atoms with E-state index >= 15 is 0 Å². The van der Waals surface area contributed by atoms with Crippen LogP contribution in [0.4, 0.5) is 4.79 Å². The van der Waals surface area contributed by atoms with Crippen molar-refractivity contribution in [2.24, 2.45) is 11.7 Å². The molecule has 1 rings (SSSR count). The minimum atomic E-state index is -0.509. The first-order valence-corrected chi connectivity index (χ1v) is 7.14. The predicted octanol–water partition coefficient (Wildman–Crippen LogP) is 1.10. The van der Waals surface area contributed by atoms with Gasteiger partial charge in [-0.3, -0.25) is 4.79 Å². The Morgan fingerprint density at radius 3 is 2.45 bits per heavy atom. The molecule has 3 N–H and O–H groups in total. The molecule has 116 valence electrons. The van der Waals surface area contributed by atoms with Gasteiger partial charge >= 0.3 is 6.09 Å². The number of carbonyl (C=O) groups is 2. The van der Waals surface area contributed by atoms with Crippen LogP contribution in [-0.2, 0) is 9.53 Å². The predicted molar refractivity (Wildman–Crippen MR) is 77.2 cm³/mol. The zero-order valence-electron chi connectivity index (χ0n) is 13.1. The van der Waals surface area contributed by atoms with Crippen LogP contribution in [0.1, 0.15) is 41.0 Å². The lowest BCUT2D eigenvalue weighted by molar-refractivity contribution is -0.123. The quantitative estimate of drug-likeness (QED) is 0.813. The lowest BCUT2D eigenvalue weighted by atomic mass is 10.0. The zero-order valence-corrected chi connectivity index (χ0v) is 13.1. The molecule has 6 heteroatoms. The number of hydrogen-bond acceptors (Lipinski definition) is 4. The third kappa shape index (κ3) is 5.00. The van der Waals surface area contributed by atoms with E-state index in [4.69, 9.17) is 10.5 Å². The summed E-state index contributed by atoms with van der Waals surface area (Å²) >= 11 is 0. The SMILES string of the molecule is CC(C)[C@H](N)C(=O)N[C@@H]1CCN(C(=O)OC(C)(C)C)C1. The molecule has 2 atom stereocenters. The van der Waals surface area contributed by atoms with Crippen LogP contribution in [0.5, 0.6) is 0 Å². The highest BCUT2D eigenvalue weighted by molar-refractivity contribution is 5.82. The van der Waals surface area contributed by atoms with Crippen LogP contribution in [0.25, 0.3) is 0 Å². The van der Waals surface area contributed by atoms with Crippen molar-refractivity contribution in [1.82, 2.24) is 10.2 Å². The fraction of sp³-hybridized carbons (Fsp3) is 0.857. The number of amides is 2. The molecule has 1 aliphatic heterocycles. The summed E-state index contributed by atoms with van der Waals surface area (Å²) in [5, 5.41) is 2.89. The van der Waals surface area contributed by atoms with Crippen LogP contribution >= 0.6 is 0 Å². The van der Waals surface area contributed by atoms with E-state index < -0.39 is 11.6 Å². The number of nitrogens with zero attached hydrogens (tertiary/aromatic N) is 1. The molecule has 0 saturated carbocycles. The molecule has 2 amide bonds. The molecule has 0 aromatic heterocycles. The molecule has 0 aliphatic carbocycles. The first kappa shape index (κ1) is 16.8. The van der Waals surface area contributed by atoms with Gasteiger partial charge in [0.1, 0.15) is 5.60 Å². The molecule has 0 bridgehead atoms. The van der Waals surface area contributed by atoms with Gasteiger partial charge in [-0.1, -0.05) is 13.8 Å². The van der Waals surface area contributed by atoms with Gasteiger partial charge < -0.3 is 20.7 Å². The van der Waals surface area contributed by atoms with E-state index in [1.165, 1.54) is 0 Å². The molecule has 0 unspecified atom stereocenters. The van der Waals surface area contributed by atoms with Crippen LogP contribution in [0.15, 0.2) is 0 Å². The zero-order chi connectivity index (χ0) is 15.5. The van der Waals surface area contributed by atoms with Gasteiger partial charge in [0.25, 0.3) is 0 Å². The average molecular weight is 285 g/mol. The number of carbonyl (C=O) groups excluding carboxylic acids is 2. The number of hydrogen-bond donors (Lipinski definition) is 2. The van der Waals surface area contributed by atoms with E-state index in [0.29, 0.717) is 13.1 Å². The van der Waals surface area contributed by atoms with Crippen molar-refractivity contribution in [2.45, 2.75) is 58.7 Å². The maximum absolute atomic E-state index is 11.9. The second-order valence-electron chi connectivity index (χ2n) is 6.69. The maximum Gasteiger partial charge on any atom is 0.410 e. The van der Waals surface area contributed by atoms with Crippen molar-refractivity contribution >= 4 is 12.0 Å². The molecular weight excluding hydrogens is 258 g/mol. The number of likely N-dealkylation sites (tertiary alicyclic amines) is 1. The van der Waals surface area contributed by atoms with Crippen LogP contribution in [0.3, 0.4) is 0 Å². The average Bonchev–Trinajstić information content (AvgIpc) is 2.74. The lowest BCUT2D eigenvalue weighted by Gasteiger charge is -2.24. The van der Waals surface area contributed by atoms with Crippen LogP contribution in [0, 0.1) is 5.92 Å². The fourth-order valence-corrected chi connectivity index (χ4v) is 1.97. The minimum Gasteiger partial charge on any atom is -0.444 e. The molecule has 0 spiro atoms. The molecule has 1 heterocycles. The summed E-state index contributed by atoms with van der Waals surface area (Å²) in [6.45, 7) is 10.4. The smallest absolute Gasteiger partial charge is 0.410 e. The minimum absolute atomic E-state index is 0.0418. The van der Waals surface area contributed by atoms with Crippen LogP contribution in [-0.4, -0.2) is 47.7 Å². The largest absolute Gasteiger partial charge is 0.444 e. The Hall–Kier alpha value is -1.30. The van der Waals surface area contributed by atoms with E-state index in [2.05, 4.69) is 5.32 Å². The first-order valence-electron chi connectivity index (χ1n) is 7.14. The molecule has 0 radical (unpaired) electrons. The topological polar surface area (TPSA) is 84.7 Å². The van der Waals surface area contributed by atoms with Crippen LogP contribution < -0.4 is 11.1 Å². The van der Waals surface area contributed by atoms with Crippen molar-refractivity contribution in [3.8, 4) is 0 Å². The van der Waals surface area contributed by atoms with Crippen molar-refractivity contribution < 1.29 is 14.3 Å². The summed E-state index contributed by atoms with van der Waals surface area (Å²) in [6.07, 6.45) is 0.401. The Kier molecular flexibility index (Phi) is 5.39. The molecule has 6 nitrogen and oxygen atoms in total. The van der Waals surface area contributed by atoms with E-state index in [-0.39, 0.29) is 24.0 Å². The first-order chi connectivity index (χ1) is 9.10. The van der Waals surface area contributed by atoms with Crippen LogP contribution in [0.2, 0.25) is 0 Å². The van der Waals surface area contributed by atoms with Gasteiger partial charge in [-0.05, 0) is 33.1 Å². The monoisotopic (exact) mass is 285 g/mol. The number of ether oxygens (including phenoxy) is 1. The number of nitrogens with two attached hydrogens (primary N) is 1. The Morgan fingerprint density at radius 2 is 1.95 bits per heavy atom. The summed E-state index contributed by atoms with van der Waals surface area (Å²) in [5.41, 5.74) is 5.30. The molecule has 0 aromatic carbocycles. The summed E-state index contributed by atoms with van der Waals surface area (Å²) in [4.78, 5) is 25.4. The van der Waals surface area contributed by atoms with E-state index in [0.717, 1.165) is 6.42 Å². The van der Waals surface area contributed by atoms with E-state index in [9.17, 15) is 9.59 Å². The second-order valence-corrected chi connectivity index (χ2v) is 6.69. The summed E-state index contributed by atoms with van der Waals surface area (Å²) in [6, 6.07) is -0.551. The van der Waals surface area contributed by atoms with Gasteiger partial charge in [-0.15, -0.1) is 0 Å². The van der Waals surface area contributed by atoms with Gasteiger partial charge in [-0.2, -0.15) is 0 Å². The Morgan fingerprint density at radius 1 is 1.35 bits per heavy atom. The molecule has 1 fully saturated rings. The standard InChI is InChI=1S/C14H27N3O3/c1-9(2)11(15)12(18)16-10-6-7-17(8-10)13(19)20-14(3,4)5/h9-11H,6-8,15H2,1-5H3,(H,16,18)/t10-,11+/m1/s1. The normalized spacial score (nSPS) is 20.9. The summed E-state index contributed by atoms with van der Waals surface area (Å²) in [7, 11) is 0. The van der Waals surface area contributed by atoms with E-state index in [1.54, 1.807) is 4.90 Å². The van der Waals surface area contributed by atoms with Crippen molar-refractivity contribution in [2.75, 3.05) is 13.1 Å². The third-order valence-corrected chi connectivity index (χ3v) is 3.21. The Balaban J connectivity index is 2.44. The molecule has 1 aliphatic rings. The summed E-state index contributed by atoms with van der Waals surface area (Å²) in [5.74, 6) is -0.0607. The van der Waals surface area contributed by atoms with Gasteiger partial charge in [0, 0.05) is 19.1 Å². The highest BCUT2D eigenvalue weighted by Gasteiger charge is 2.31. The maximum atomic E-state index is 11.9. The van der Waals surface area contributed by atoms with Crippen molar-refractivity contribution in [1.29, 1.82) is 0 Å². The fourth-order valence-electron chi connectivity index (χ4n) is 1.97. The van der Waals surface area contributed by atoms with Gasteiger partial charge in [0.2, 0.25) is 5.91 Å². The number of rotatable bonds is 3. The van der Waals surface area contributed by atoms with Gasteiger partial charge in [0.05, 0.1) is 6.04 Å². The molecule has 1 saturated heterocycles. The van der Waals surface area contributed by atoms with Gasteiger partial charge in [0.15, 0.2) is 0 Å². The van der Waals surface area contributed by atoms with Crippen molar-refractivity contribution in [3.05, 3.63) is 0 Å². The Labute approximate surface area is 121 Å². The van der Waals surface area contributed by atoms with Crippen molar-refractivity contribution in [3.63, 3.8) is 0 Å². The van der Waals surface area contributed by atoms with Gasteiger partial charge in [-0.25, -0.2) is 4.79 Å². The second kappa shape index (κ2) is 6.43. The number of nitrogens with one attached hydrogen (secondary N) is 1. The summed E-state index contributed by atoms with van der Waals surface area (Å²) < 4.78 is 5.31. The molecular formula is C14H27N3O3. The highest BCUT2D eigenvalue weighted by Crippen LogP contribution is 2.15. The lowest BCUT2D eigenvalue weighted by Crippen LogP contribution is -2.48. The van der Waals surface area contributed by atoms with E-state index in [1.807, 2.05) is 34.6 Å². The Bertz CT molecular complexity index is 363. The third-order valence-electron chi connectivity index (χ3n) is 3.21. The highest BCUT2D eigenvalue weighted by atomic mass is 16.6.